The van der Waals surface area contributed by atoms with Crippen LogP contribution in [0.15, 0.2) is 65.6 Å². The van der Waals surface area contributed by atoms with Gasteiger partial charge >= 0.3 is 0 Å². The summed E-state index contributed by atoms with van der Waals surface area (Å²) in [6, 6.07) is 20.5. The minimum atomic E-state index is 0.681. The zero-order valence-electron chi connectivity index (χ0n) is 9.00. The van der Waals surface area contributed by atoms with Gasteiger partial charge in [0.05, 0.1) is 12.5 Å². The standard InChI is InChI=1S/C14H14OS/c1-3-7-13(8-4-1)11-15-12-16-14-9-5-2-6-10-14/h1-10H,11-12H2. The van der Waals surface area contributed by atoms with E-state index in [0.29, 0.717) is 12.5 Å². The van der Waals surface area contributed by atoms with Crippen LogP contribution >= 0.6 is 11.8 Å². The molecule has 0 aliphatic rings. The molecule has 16 heavy (non-hydrogen) atoms. The maximum Gasteiger partial charge on any atom is 0.0971 e. The van der Waals surface area contributed by atoms with Crippen molar-refractivity contribution in [1.82, 2.24) is 0 Å². The first-order chi connectivity index (χ1) is 7.95. The highest BCUT2D eigenvalue weighted by Crippen LogP contribution is 2.17. The van der Waals surface area contributed by atoms with Gasteiger partial charge in [0, 0.05) is 4.90 Å². The van der Waals surface area contributed by atoms with Crippen LogP contribution in [0.5, 0.6) is 0 Å². The molecule has 0 heterocycles. The number of thioether (sulfide) groups is 1. The van der Waals surface area contributed by atoms with E-state index in [1.165, 1.54) is 10.5 Å². The van der Waals surface area contributed by atoms with Crippen LogP contribution in [0.4, 0.5) is 0 Å². The Labute approximate surface area is 100 Å². The van der Waals surface area contributed by atoms with Crippen molar-refractivity contribution in [2.24, 2.45) is 0 Å². The fourth-order valence-corrected chi connectivity index (χ4v) is 2.01. The molecule has 0 N–H and O–H groups in total. The molecule has 0 aliphatic carbocycles. The van der Waals surface area contributed by atoms with E-state index in [1.54, 1.807) is 11.8 Å². The highest BCUT2D eigenvalue weighted by atomic mass is 32.2. The zero-order valence-corrected chi connectivity index (χ0v) is 9.82. The van der Waals surface area contributed by atoms with Crippen molar-refractivity contribution in [2.45, 2.75) is 11.5 Å². The van der Waals surface area contributed by atoms with Crippen LogP contribution in [0.1, 0.15) is 5.56 Å². The summed E-state index contributed by atoms with van der Waals surface area (Å²) in [7, 11) is 0. The number of hydrogen-bond acceptors (Lipinski definition) is 2. The molecule has 2 aromatic rings. The van der Waals surface area contributed by atoms with E-state index in [0.717, 1.165) is 0 Å². The monoisotopic (exact) mass is 230 g/mol. The van der Waals surface area contributed by atoms with Crippen LogP contribution in [-0.2, 0) is 11.3 Å². The Morgan fingerprint density at radius 1 is 0.812 bits per heavy atom. The third-order valence-corrected chi connectivity index (χ3v) is 3.05. The van der Waals surface area contributed by atoms with Crippen LogP contribution in [0.25, 0.3) is 0 Å². The first kappa shape index (κ1) is 11.2. The second kappa shape index (κ2) is 6.36. The van der Waals surface area contributed by atoms with Gasteiger partial charge in [-0.2, -0.15) is 0 Å². The van der Waals surface area contributed by atoms with Crippen molar-refractivity contribution in [2.75, 3.05) is 5.94 Å². The predicted octanol–water partition coefficient (Wildman–Crippen LogP) is 3.95. The van der Waals surface area contributed by atoms with Gasteiger partial charge in [0.2, 0.25) is 0 Å². The Bertz CT molecular complexity index is 358. The molecule has 0 atom stereocenters. The largest absolute Gasteiger partial charge is 0.366 e. The number of rotatable bonds is 5. The lowest BCUT2D eigenvalue weighted by Gasteiger charge is -2.03. The maximum absolute atomic E-state index is 5.59. The van der Waals surface area contributed by atoms with Gasteiger partial charge in [0.25, 0.3) is 0 Å². The molecule has 0 unspecified atom stereocenters. The van der Waals surface area contributed by atoms with Gasteiger partial charge in [-0.1, -0.05) is 60.3 Å². The molecule has 0 saturated heterocycles. The van der Waals surface area contributed by atoms with Gasteiger partial charge in [-0.25, -0.2) is 0 Å². The van der Waals surface area contributed by atoms with Crippen molar-refractivity contribution in [1.29, 1.82) is 0 Å². The van der Waals surface area contributed by atoms with Gasteiger partial charge in [-0.05, 0) is 17.7 Å². The first-order valence-electron chi connectivity index (χ1n) is 5.25. The van der Waals surface area contributed by atoms with Gasteiger partial charge < -0.3 is 4.74 Å². The lowest BCUT2D eigenvalue weighted by Crippen LogP contribution is -1.91. The highest BCUT2D eigenvalue weighted by molar-refractivity contribution is 7.99. The fraction of sp³-hybridized carbons (Fsp3) is 0.143. The van der Waals surface area contributed by atoms with E-state index in [2.05, 4.69) is 24.3 Å². The lowest BCUT2D eigenvalue weighted by atomic mass is 10.2. The summed E-state index contributed by atoms with van der Waals surface area (Å²) in [6.07, 6.45) is 0. The average molecular weight is 230 g/mol. The minimum Gasteiger partial charge on any atom is -0.366 e. The molecule has 0 bridgehead atoms. The van der Waals surface area contributed by atoms with Crippen molar-refractivity contribution in [3.05, 3.63) is 66.2 Å². The van der Waals surface area contributed by atoms with Crippen molar-refractivity contribution in [3.63, 3.8) is 0 Å². The Balaban J connectivity index is 1.70. The third-order valence-electron chi connectivity index (χ3n) is 2.16. The smallest absolute Gasteiger partial charge is 0.0971 e. The van der Waals surface area contributed by atoms with E-state index in [4.69, 9.17) is 4.74 Å². The SMILES string of the molecule is c1ccc(COCSc2ccccc2)cc1. The Morgan fingerprint density at radius 2 is 1.44 bits per heavy atom. The maximum atomic E-state index is 5.59. The molecule has 0 aromatic heterocycles. The van der Waals surface area contributed by atoms with Crippen LogP contribution in [0, 0.1) is 0 Å². The number of benzene rings is 2. The molecule has 2 aromatic carbocycles. The molecular weight excluding hydrogens is 216 g/mol. The molecule has 0 radical (unpaired) electrons. The number of ether oxygens (including phenoxy) is 1. The van der Waals surface area contributed by atoms with Crippen LogP contribution in [0.2, 0.25) is 0 Å². The molecule has 0 saturated carbocycles. The van der Waals surface area contributed by atoms with Crippen LogP contribution in [0.3, 0.4) is 0 Å². The minimum absolute atomic E-state index is 0.681. The number of hydrogen-bond donors (Lipinski definition) is 0. The van der Waals surface area contributed by atoms with Crippen LogP contribution < -0.4 is 0 Å². The van der Waals surface area contributed by atoms with Crippen LogP contribution in [-0.4, -0.2) is 5.94 Å². The van der Waals surface area contributed by atoms with Gasteiger partial charge in [0.15, 0.2) is 0 Å². The molecule has 82 valence electrons. The van der Waals surface area contributed by atoms with E-state index < -0.39 is 0 Å². The summed E-state index contributed by atoms with van der Waals surface area (Å²) in [5.74, 6) is 0.693. The molecule has 2 rings (SSSR count). The van der Waals surface area contributed by atoms with Crippen molar-refractivity contribution >= 4 is 11.8 Å². The second-order valence-corrected chi connectivity index (χ2v) is 4.41. The third kappa shape index (κ3) is 3.72. The normalized spacial score (nSPS) is 10.2. The summed E-state index contributed by atoms with van der Waals surface area (Å²) in [6.45, 7) is 0.681. The van der Waals surface area contributed by atoms with E-state index in [9.17, 15) is 0 Å². The Morgan fingerprint density at radius 3 is 2.12 bits per heavy atom. The molecule has 0 aliphatic heterocycles. The van der Waals surface area contributed by atoms with Gasteiger partial charge in [-0.3, -0.25) is 0 Å². The summed E-state index contributed by atoms with van der Waals surface area (Å²) >= 11 is 1.72. The summed E-state index contributed by atoms with van der Waals surface area (Å²) in [4.78, 5) is 1.25. The van der Waals surface area contributed by atoms with Gasteiger partial charge in [0.1, 0.15) is 0 Å². The summed E-state index contributed by atoms with van der Waals surface area (Å²) < 4.78 is 5.59. The Hall–Kier alpha value is -1.25. The Kier molecular flexibility index (Phi) is 4.47. The van der Waals surface area contributed by atoms with E-state index in [1.807, 2.05) is 36.4 Å². The topological polar surface area (TPSA) is 9.23 Å². The zero-order chi connectivity index (χ0) is 11.1. The van der Waals surface area contributed by atoms with E-state index >= 15 is 0 Å². The molecule has 2 heteroatoms. The highest BCUT2D eigenvalue weighted by Gasteiger charge is 1.93. The van der Waals surface area contributed by atoms with Gasteiger partial charge in [-0.15, -0.1) is 0 Å². The average Bonchev–Trinajstić information content (AvgIpc) is 2.37. The summed E-state index contributed by atoms with van der Waals surface area (Å²) in [5, 5.41) is 0. The molecule has 0 amide bonds. The lowest BCUT2D eigenvalue weighted by molar-refractivity contribution is 0.169. The quantitative estimate of drug-likeness (QED) is 0.437. The molecule has 0 spiro atoms. The molecule has 0 fully saturated rings. The predicted molar refractivity (Wildman–Crippen MR) is 68.4 cm³/mol. The first-order valence-corrected chi connectivity index (χ1v) is 6.23. The second-order valence-electron chi connectivity index (χ2n) is 3.41. The van der Waals surface area contributed by atoms with Crippen molar-refractivity contribution < 1.29 is 4.74 Å². The van der Waals surface area contributed by atoms with Crippen molar-refractivity contribution in [3.8, 4) is 0 Å². The molecule has 1 nitrogen and oxygen atoms in total. The fourth-order valence-electron chi connectivity index (χ4n) is 1.36. The molecular formula is C14H14OS. The summed E-state index contributed by atoms with van der Waals surface area (Å²) in [5.41, 5.74) is 1.22. The van der Waals surface area contributed by atoms with E-state index in [-0.39, 0.29) is 0 Å².